The van der Waals surface area contributed by atoms with Crippen LogP contribution < -0.4 is 14.8 Å². The summed E-state index contributed by atoms with van der Waals surface area (Å²) in [5, 5.41) is 11.5. The standard InChI is InChI=1S/C16H25N3O2/c1-18-6-4-7-19-8-5-12-9-14(20-2)15(21-3)10-13(12)11-16(19)17/h9-10,17-18H,4-8,11H2,1-3H3. The SMILES string of the molecule is CNCCCN1CCc2cc(OC)c(OC)cc2CC1=N. The predicted octanol–water partition coefficient (Wildman–Crippen LogP) is 1.69. The molecule has 116 valence electrons. The van der Waals surface area contributed by atoms with E-state index in [0.717, 1.165) is 44.0 Å². The minimum atomic E-state index is 0.662. The molecule has 0 bridgehead atoms. The van der Waals surface area contributed by atoms with E-state index in [9.17, 15) is 0 Å². The smallest absolute Gasteiger partial charge is 0.161 e. The maximum absolute atomic E-state index is 8.31. The summed E-state index contributed by atoms with van der Waals surface area (Å²) in [5.41, 5.74) is 2.43. The average molecular weight is 291 g/mol. The van der Waals surface area contributed by atoms with Crippen molar-refractivity contribution < 1.29 is 9.47 Å². The average Bonchev–Trinajstić information content (AvgIpc) is 2.65. The predicted molar refractivity (Wildman–Crippen MR) is 84.8 cm³/mol. The third-order valence-corrected chi connectivity index (χ3v) is 3.95. The van der Waals surface area contributed by atoms with Crippen LogP contribution in [0.4, 0.5) is 0 Å². The summed E-state index contributed by atoms with van der Waals surface area (Å²) in [7, 11) is 5.27. The number of hydrogen-bond acceptors (Lipinski definition) is 4. The Bertz CT molecular complexity index is 503. The monoisotopic (exact) mass is 291 g/mol. The van der Waals surface area contributed by atoms with Crippen molar-refractivity contribution in [2.45, 2.75) is 19.3 Å². The van der Waals surface area contributed by atoms with Crippen LogP contribution in [0, 0.1) is 5.41 Å². The Hall–Kier alpha value is -1.75. The van der Waals surface area contributed by atoms with Crippen molar-refractivity contribution in [1.29, 1.82) is 5.41 Å². The van der Waals surface area contributed by atoms with Gasteiger partial charge in [-0.15, -0.1) is 0 Å². The first-order valence-corrected chi connectivity index (χ1v) is 7.40. The number of amidine groups is 1. The van der Waals surface area contributed by atoms with Crippen LogP contribution >= 0.6 is 0 Å². The van der Waals surface area contributed by atoms with Gasteiger partial charge in [-0.1, -0.05) is 0 Å². The van der Waals surface area contributed by atoms with Crippen LogP contribution in [0.15, 0.2) is 12.1 Å². The first kappa shape index (κ1) is 15.6. The van der Waals surface area contributed by atoms with Crippen molar-refractivity contribution >= 4 is 5.84 Å². The van der Waals surface area contributed by atoms with Crippen molar-refractivity contribution in [3.8, 4) is 11.5 Å². The molecule has 2 rings (SSSR count). The molecule has 1 aliphatic rings. The number of nitrogens with zero attached hydrogens (tertiary/aromatic N) is 1. The van der Waals surface area contributed by atoms with Crippen molar-refractivity contribution in [2.75, 3.05) is 40.9 Å². The van der Waals surface area contributed by atoms with Crippen LogP contribution in [0.5, 0.6) is 11.5 Å². The third kappa shape index (κ3) is 3.67. The zero-order valence-electron chi connectivity index (χ0n) is 13.2. The van der Waals surface area contributed by atoms with E-state index in [1.54, 1.807) is 14.2 Å². The summed E-state index contributed by atoms with van der Waals surface area (Å²) >= 11 is 0. The fourth-order valence-electron chi connectivity index (χ4n) is 2.74. The Kier molecular flexibility index (Phi) is 5.44. The topological polar surface area (TPSA) is 57.6 Å². The van der Waals surface area contributed by atoms with Gasteiger partial charge >= 0.3 is 0 Å². The second kappa shape index (κ2) is 7.31. The summed E-state index contributed by atoms with van der Waals surface area (Å²) in [6.07, 6.45) is 2.66. The normalized spacial score (nSPS) is 14.6. The van der Waals surface area contributed by atoms with Crippen LogP contribution in [0.1, 0.15) is 17.5 Å². The molecule has 0 radical (unpaired) electrons. The first-order chi connectivity index (χ1) is 10.2. The summed E-state index contributed by atoms with van der Waals surface area (Å²) in [6, 6.07) is 4.07. The van der Waals surface area contributed by atoms with Crippen LogP contribution in [0.25, 0.3) is 0 Å². The van der Waals surface area contributed by atoms with Gasteiger partial charge in [-0.3, -0.25) is 5.41 Å². The lowest BCUT2D eigenvalue weighted by atomic mass is 10.0. The molecule has 0 saturated heterocycles. The maximum atomic E-state index is 8.31. The lowest BCUT2D eigenvalue weighted by molar-refractivity contribution is 0.354. The molecule has 0 aromatic heterocycles. The largest absolute Gasteiger partial charge is 0.493 e. The van der Waals surface area contributed by atoms with E-state index in [2.05, 4.69) is 16.3 Å². The second-order valence-corrected chi connectivity index (χ2v) is 5.29. The number of hydrogen-bond donors (Lipinski definition) is 2. The summed E-state index contributed by atoms with van der Waals surface area (Å²) < 4.78 is 10.7. The number of ether oxygens (including phenoxy) is 2. The quantitative estimate of drug-likeness (QED) is 0.783. The molecule has 0 aliphatic carbocycles. The fraction of sp³-hybridized carbons (Fsp3) is 0.562. The highest BCUT2D eigenvalue weighted by molar-refractivity contribution is 5.82. The molecule has 1 aromatic rings. The van der Waals surface area contributed by atoms with E-state index in [0.29, 0.717) is 12.3 Å². The summed E-state index contributed by atoms with van der Waals surface area (Å²) in [5.74, 6) is 2.20. The van der Waals surface area contributed by atoms with Crippen molar-refractivity contribution in [2.24, 2.45) is 0 Å². The van der Waals surface area contributed by atoms with Gasteiger partial charge in [0.25, 0.3) is 0 Å². The number of methoxy groups -OCH3 is 2. The fourth-order valence-corrected chi connectivity index (χ4v) is 2.74. The molecule has 5 nitrogen and oxygen atoms in total. The Morgan fingerprint density at radius 3 is 2.48 bits per heavy atom. The molecule has 2 N–H and O–H groups in total. The second-order valence-electron chi connectivity index (χ2n) is 5.29. The van der Waals surface area contributed by atoms with Crippen LogP contribution in [-0.4, -0.2) is 51.6 Å². The van der Waals surface area contributed by atoms with E-state index >= 15 is 0 Å². The van der Waals surface area contributed by atoms with E-state index in [1.165, 1.54) is 11.1 Å². The molecular formula is C16H25N3O2. The van der Waals surface area contributed by atoms with Crippen LogP contribution in [0.3, 0.4) is 0 Å². The van der Waals surface area contributed by atoms with E-state index in [-0.39, 0.29) is 0 Å². The Morgan fingerprint density at radius 1 is 1.19 bits per heavy atom. The van der Waals surface area contributed by atoms with Gasteiger partial charge in [0.2, 0.25) is 0 Å². The molecule has 21 heavy (non-hydrogen) atoms. The lowest BCUT2D eigenvalue weighted by Crippen LogP contribution is -2.33. The zero-order valence-corrected chi connectivity index (χ0v) is 13.2. The minimum absolute atomic E-state index is 0.662. The highest BCUT2D eigenvalue weighted by Crippen LogP contribution is 2.32. The molecule has 1 aromatic carbocycles. The number of fused-ring (bicyclic) bond motifs is 1. The Labute approximate surface area is 126 Å². The summed E-state index contributed by atoms with van der Waals surface area (Å²) in [4.78, 5) is 2.18. The highest BCUT2D eigenvalue weighted by atomic mass is 16.5. The van der Waals surface area contributed by atoms with Gasteiger partial charge < -0.3 is 19.7 Å². The Morgan fingerprint density at radius 2 is 1.86 bits per heavy atom. The molecule has 1 heterocycles. The van der Waals surface area contributed by atoms with E-state index < -0.39 is 0 Å². The number of nitrogens with one attached hydrogen (secondary N) is 2. The Balaban J connectivity index is 2.15. The van der Waals surface area contributed by atoms with Gasteiger partial charge in [-0.2, -0.15) is 0 Å². The van der Waals surface area contributed by atoms with Gasteiger partial charge in [0.1, 0.15) is 5.84 Å². The molecule has 0 atom stereocenters. The van der Waals surface area contributed by atoms with Gasteiger partial charge in [0.05, 0.1) is 14.2 Å². The molecule has 0 saturated carbocycles. The van der Waals surface area contributed by atoms with Crippen molar-refractivity contribution in [3.63, 3.8) is 0 Å². The maximum Gasteiger partial charge on any atom is 0.161 e. The van der Waals surface area contributed by atoms with Gasteiger partial charge in [0, 0.05) is 19.5 Å². The van der Waals surface area contributed by atoms with Crippen LogP contribution in [-0.2, 0) is 12.8 Å². The first-order valence-electron chi connectivity index (χ1n) is 7.40. The number of benzene rings is 1. The lowest BCUT2D eigenvalue weighted by Gasteiger charge is -2.22. The molecule has 5 heteroatoms. The van der Waals surface area contributed by atoms with Crippen molar-refractivity contribution in [3.05, 3.63) is 23.3 Å². The summed E-state index contributed by atoms with van der Waals surface area (Å²) in [6.45, 7) is 2.81. The van der Waals surface area contributed by atoms with E-state index in [1.807, 2.05) is 13.1 Å². The highest BCUT2D eigenvalue weighted by Gasteiger charge is 2.20. The van der Waals surface area contributed by atoms with Gasteiger partial charge in [0.15, 0.2) is 11.5 Å². The third-order valence-electron chi connectivity index (χ3n) is 3.95. The molecule has 0 unspecified atom stereocenters. The van der Waals surface area contributed by atoms with Crippen LogP contribution in [0.2, 0.25) is 0 Å². The number of rotatable bonds is 6. The van der Waals surface area contributed by atoms with E-state index in [4.69, 9.17) is 14.9 Å². The van der Waals surface area contributed by atoms with Gasteiger partial charge in [-0.05, 0) is 49.7 Å². The molecule has 0 fully saturated rings. The molecule has 0 spiro atoms. The zero-order chi connectivity index (χ0) is 15.2. The molecular weight excluding hydrogens is 266 g/mol. The van der Waals surface area contributed by atoms with Gasteiger partial charge in [-0.25, -0.2) is 0 Å². The minimum Gasteiger partial charge on any atom is -0.493 e. The molecule has 0 amide bonds. The molecule has 1 aliphatic heterocycles. The van der Waals surface area contributed by atoms with Crippen molar-refractivity contribution in [1.82, 2.24) is 10.2 Å².